The van der Waals surface area contributed by atoms with E-state index in [1.807, 2.05) is 29.3 Å². The molecule has 0 radical (unpaired) electrons. The number of nitrogens with zero attached hydrogens (tertiary/aromatic N) is 2. The first kappa shape index (κ1) is 22.5. The third-order valence-corrected chi connectivity index (χ3v) is 6.24. The highest BCUT2D eigenvalue weighted by molar-refractivity contribution is 5.94. The van der Waals surface area contributed by atoms with Gasteiger partial charge in [0.15, 0.2) is 0 Å². The summed E-state index contributed by atoms with van der Waals surface area (Å²) in [5, 5.41) is 3.01. The van der Waals surface area contributed by atoms with Crippen molar-refractivity contribution in [2.24, 2.45) is 0 Å². The fourth-order valence-corrected chi connectivity index (χ4v) is 4.57. The number of carbonyl (C=O) groups is 2. The molecule has 1 aliphatic heterocycles. The Morgan fingerprint density at radius 1 is 0.971 bits per heavy atom. The number of carbonyl (C=O) groups excluding carboxylic acids is 2. The molecule has 0 fully saturated rings. The number of ether oxygens (including phenoxy) is 1. The Kier molecular flexibility index (Phi) is 6.10. The van der Waals surface area contributed by atoms with Crippen LogP contribution in [0.4, 0.5) is 10.5 Å². The summed E-state index contributed by atoms with van der Waals surface area (Å²) in [5.41, 5.74) is 6.24. The molecule has 3 aromatic carbocycles. The second kappa shape index (κ2) is 9.50. The van der Waals surface area contributed by atoms with Gasteiger partial charge in [0.2, 0.25) is 0 Å². The first-order chi connectivity index (χ1) is 17.0. The second-order valence-electron chi connectivity index (χ2n) is 8.60. The highest BCUT2D eigenvalue weighted by Gasteiger charge is 2.33. The van der Waals surface area contributed by atoms with Gasteiger partial charge in [-0.3, -0.25) is 0 Å². The highest BCUT2D eigenvalue weighted by atomic mass is 16.5. The summed E-state index contributed by atoms with van der Waals surface area (Å²) in [6.45, 7) is 4.54. The molecule has 0 aliphatic carbocycles. The van der Waals surface area contributed by atoms with E-state index >= 15 is 0 Å². The minimum atomic E-state index is -0.414. The molecule has 5 rings (SSSR count). The largest absolute Gasteiger partial charge is 0.462 e. The summed E-state index contributed by atoms with van der Waals surface area (Å²) in [4.78, 5) is 27.8. The van der Waals surface area contributed by atoms with Gasteiger partial charge in [-0.25, -0.2) is 9.59 Å². The lowest BCUT2D eigenvalue weighted by molar-refractivity contribution is 0.0526. The van der Waals surface area contributed by atoms with Crippen molar-refractivity contribution in [3.05, 3.63) is 119 Å². The maximum Gasteiger partial charge on any atom is 0.338 e. The van der Waals surface area contributed by atoms with Gasteiger partial charge in [-0.05, 0) is 61.4 Å². The van der Waals surface area contributed by atoms with Gasteiger partial charge in [0.25, 0.3) is 0 Å². The van der Waals surface area contributed by atoms with Crippen LogP contribution in [0.1, 0.15) is 45.7 Å². The Morgan fingerprint density at radius 3 is 2.57 bits per heavy atom. The summed E-state index contributed by atoms with van der Waals surface area (Å²) in [6.07, 6.45) is 2.04. The molecule has 2 amide bonds. The molecule has 2 heterocycles. The molecule has 0 spiro atoms. The summed E-state index contributed by atoms with van der Waals surface area (Å²) in [5.74, 6) is -0.414. The zero-order valence-electron chi connectivity index (χ0n) is 19.8. The van der Waals surface area contributed by atoms with Gasteiger partial charge in [-0.15, -0.1) is 0 Å². The third kappa shape index (κ3) is 4.43. The molecule has 1 N–H and O–H groups in total. The number of fused-ring (bicyclic) bond motifs is 3. The topological polar surface area (TPSA) is 63.6 Å². The van der Waals surface area contributed by atoms with Crippen molar-refractivity contribution in [1.29, 1.82) is 0 Å². The average Bonchev–Trinajstić information content (AvgIpc) is 3.29. The van der Waals surface area contributed by atoms with Gasteiger partial charge in [-0.1, -0.05) is 54.1 Å². The van der Waals surface area contributed by atoms with E-state index in [0.717, 1.165) is 28.1 Å². The number of anilines is 1. The number of nitrogens with one attached hydrogen (secondary N) is 1. The molecule has 4 aromatic rings. The lowest BCUT2D eigenvalue weighted by atomic mass is 10.0. The van der Waals surface area contributed by atoms with E-state index in [1.165, 1.54) is 0 Å². The quantitative estimate of drug-likeness (QED) is 0.371. The van der Waals surface area contributed by atoms with Crippen LogP contribution in [-0.4, -0.2) is 28.1 Å². The van der Waals surface area contributed by atoms with Crippen LogP contribution in [-0.2, 0) is 11.3 Å². The van der Waals surface area contributed by atoms with E-state index in [1.54, 1.807) is 31.2 Å². The first-order valence-electron chi connectivity index (χ1n) is 11.7. The van der Waals surface area contributed by atoms with Crippen LogP contribution in [0.5, 0.6) is 0 Å². The molecule has 176 valence electrons. The fraction of sp³-hybridized carbons (Fsp3) is 0.172. The number of aryl methyl sites for hydroxylation is 1. The van der Waals surface area contributed by atoms with E-state index in [9.17, 15) is 9.59 Å². The predicted octanol–water partition coefficient (Wildman–Crippen LogP) is 6.10. The van der Waals surface area contributed by atoms with Gasteiger partial charge < -0.3 is 19.5 Å². The van der Waals surface area contributed by atoms with E-state index in [2.05, 4.69) is 59.3 Å². The highest BCUT2D eigenvalue weighted by Crippen LogP contribution is 2.37. The SMILES string of the molecule is CCOC(=O)c1cccc(NC(=O)N2Cc3ccccc3-n3cccc3C2c2ccc(C)cc2)c1. The Hall–Kier alpha value is -4.32. The van der Waals surface area contributed by atoms with Crippen molar-refractivity contribution in [3.63, 3.8) is 0 Å². The molecular formula is C29H27N3O3. The van der Waals surface area contributed by atoms with Crippen molar-refractivity contribution in [2.45, 2.75) is 26.4 Å². The van der Waals surface area contributed by atoms with Crippen LogP contribution in [0.2, 0.25) is 0 Å². The monoisotopic (exact) mass is 465 g/mol. The van der Waals surface area contributed by atoms with Crippen LogP contribution >= 0.6 is 0 Å². The molecule has 1 aliphatic rings. The molecule has 1 atom stereocenters. The predicted molar refractivity (Wildman–Crippen MR) is 136 cm³/mol. The van der Waals surface area contributed by atoms with E-state index in [0.29, 0.717) is 24.4 Å². The summed E-state index contributed by atoms with van der Waals surface area (Å²) < 4.78 is 7.27. The minimum Gasteiger partial charge on any atom is -0.462 e. The number of esters is 1. The molecule has 6 heteroatoms. The number of para-hydroxylation sites is 1. The first-order valence-corrected chi connectivity index (χ1v) is 11.7. The Labute approximate surface area is 204 Å². The third-order valence-electron chi connectivity index (χ3n) is 6.24. The maximum absolute atomic E-state index is 13.8. The Morgan fingerprint density at radius 2 is 1.77 bits per heavy atom. The van der Waals surface area contributed by atoms with Gasteiger partial charge in [0.1, 0.15) is 0 Å². The lowest BCUT2D eigenvalue weighted by Crippen LogP contribution is -2.38. The molecule has 6 nitrogen and oxygen atoms in total. The number of aromatic nitrogens is 1. The van der Waals surface area contributed by atoms with Crippen LogP contribution in [0, 0.1) is 6.92 Å². The second-order valence-corrected chi connectivity index (χ2v) is 8.60. The van der Waals surface area contributed by atoms with Crippen LogP contribution in [0.3, 0.4) is 0 Å². The molecule has 0 saturated heterocycles. The van der Waals surface area contributed by atoms with Crippen LogP contribution in [0.25, 0.3) is 5.69 Å². The van der Waals surface area contributed by atoms with Crippen molar-refractivity contribution in [2.75, 3.05) is 11.9 Å². The van der Waals surface area contributed by atoms with Crippen LogP contribution < -0.4 is 5.32 Å². The number of amides is 2. The van der Waals surface area contributed by atoms with Gasteiger partial charge in [-0.2, -0.15) is 0 Å². The smallest absolute Gasteiger partial charge is 0.338 e. The van der Waals surface area contributed by atoms with Gasteiger partial charge in [0, 0.05) is 17.6 Å². The van der Waals surface area contributed by atoms with Crippen molar-refractivity contribution in [3.8, 4) is 5.69 Å². The molecule has 1 aromatic heterocycles. The van der Waals surface area contributed by atoms with Crippen molar-refractivity contribution >= 4 is 17.7 Å². The van der Waals surface area contributed by atoms with Gasteiger partial charge in [0.05, 0.1) is 30.4 Å². The van der Waals surface area contributed by atoms with Crippen molar-refractivity contribution in [1.82, 2.24) is 9.47 Å². The van der Waals surface area contributed by atoms with E-state index < -0.39 is 5.97 Å². The normalized spacial score (nSPS) is 14.5. The molecular weight excluding hydrogens is 438 g/mol. The Bertz CT molecular complexity index is 1370. The number of hydrogen-bond donors (Lipinski definition) is 1. The molecule has 0 bridgehead atoms. The zero-order valence-corrected chi connectivity index (χ0v) is 19.8. The number of urea groups is 1. The van der Waals surface area contributed by atoms with Crippen LogP contribution in [0.15, 0.2) is 91.1 Å². The summed E-state index contributed by atoms with van der Waals surface area (Å²) in [7, 11) is 0. The molecule has 1 unspecified atom stereocenters. The fourth-order valence-electron chi connectivity index (χ4n) is 4.57. The lowest BCUT2D eigenvalue weighted by Gasteiger charge is -2.31. The number of benzene rings is 3. The number of rotatable bonds is 4. The molecule has 35 heavy (non-hydrogen) atoms. The van der Waals surface area contributed by atoms with Crippen molar-refractivity contribution < 1.29 is 14.3 Å². The average molecular weight is 466 g/mol. The zero-order chi connectivity index (χ0) is 24.4. The van der Waals surface area contributed by atoms with Gasteiger partial charge >= 0.3 is 12.0 Å². The summed E-state index contributed by atoms with van der Waals surface area (Å²) >= 11 is 0. The maximum atomic E-state index is 13.8. The molecule has 0 saturated carbocycles. The Balaban J connectivity index is 1.55. The standard InChI is InChI=1S/C29H27N3O3/c1-3-35-28(33)22-9-6-10-24(18-22)30-29(34)32-19-23-8-4-5-11-25(23)31-17-7-12-26(31)27(32)21-15-13-20(2)14-16-21/h4-18,27H,3,19H2,1-2H3,(H,30,34). The number of hydrogen-bond acceptors (Lipinski definition) is 3. The van der Waals surface area contributed by atoms with E-state index in [4.69, 9.17) is 4.74 Å². The summed E-state index contributed by atoms with van der Waals surface area (Å²) in [6, 6.07) is 26.8. The van der Waals surface area contributed by atoms with E-state index in [-0.39, 0.29) is 12.1 Å². The minimum absolute atomic E-state index is 0.249.